The van der Waals surface area contributed by atoms with E-state index in [9.17, 15) is 0 Å². The molecule has 2 N–H and O–H groups in total. The molecular formula is C17H14ClN7. The smallest absolute Gasteiger partial charge is 0.263 e. The van der Waals surface area contributed by atoms with Crippen molar-refractivity contribution in [2.45, 2.75) is 6.54 Å². The Hall–Kier alpha value is -3.19. The number of hydrogen-bond donors (Lipinski definition) is 1. The second-order valence-electron chi connectivity index (χ2n) is 5.53. The molecule has 2 heterocycles. The van der Waals surface area contributed by atoms with Crippen molar-refractivity contribution in [3.8, 4) is 0 Å². The van der Waals surface area contributed by atoms with Gasteiger partial charge < -0.3 is 10.3 Å². The summed E-state index contributed by atoms with van der Waals surface area (Å²) in [6, 6.07) is 16.0. The highest BCUT2D eigenvalue weighted by Gasteiger charge is 2.08. The molecule has 0 bridgehead atoms. The number of anilines is 1. The number of halogens is 1. The quantitative estimate of drug-likeness (QED) is 0.573. The fraction of sp³-hybridized carbons (Fsp3) is 0.0588. The van der Waals surface area contributed by atoms with Crippen molar-refractivity contribution in [2.75, 3.05) is 5.73 Å². The number of benzene rings is 2. The number of para-hydroxylation sites is 1. The van der Waals surface area contributed by atoms with Crippen LogP contribution in [-0.4, -0.2) is 31.1 Å². The largest absolute Gasteiger partial charge is 0.365 e. The Labute approximate surface area is 148 Å². The molecule has 0 unspecified atom stereocenters. The number of nitrogens with zero attached hydrogens (tertiary/aromatic N) is 6. The lowest BCUT2D eigenvalue weighted by molar-refractivity contribution is 0.699. The van der Waals surface area contributed by atoms with Crippen molar-refractivity contribution in [3.05, 3.63) is 70.9 Å². The van der Waals surface area contributed by atoms with Crippen molar-refractivity contribution >= 4 is 34.7 Å². The van der Waals surface area contributed by atoms with Crippen LogP contribution in [0.5, 0.6) is 0 Å². The van der Waals surface area contributed by atoms with Crippen LogP contribution in [0.25, 0.3) is 10.9 Å². The topological polar surface area (TPSA) is 86.9 Å². The number of nitrogens with two attached hydrogens (primary N) is 1. The van der Waals surface area contributed by atoms with Crippen LogP contribution in [0.1, 0.15) is 11.1 Å². The van der Waals surface area contributed by atoms with Crippen molar-refractivity contribution < 1.29 is 0 Å². The van der Waals surface area contributed by atoms with Gasteiger partial charge in [0, 0.05) is 34.2 Å². The Bertz CT molecular complexity index is 1050. The van der Waals surface area contributed by atoms with E-state index in [0.29, 0.717) is 0 Å². The maximum Gasteiger partial charge on any atom is 0.263 e. The standard InChI is InChI=1S/C17H14ClN7/c18-14-7-5-12(6-8-14)10-24-11-13(15-3-1-2-4-16(15)24)9-20-25-17(19)21-22-23-25/h1-9,11H,10H2,(H2,19,21,23)/b20-9+. The van der Waals surface area contributed by atoms with E-state index in [0.717, 1.165) is 28.0 Å². The van der Waals surface area contributed by atoms with Gasteiger partial charge >= 0.3 is 0 Å². The van der Waals surface area contributed by atoms with E-state index in [1.54, 1.807) is 6.21 Å². The highest BCUT2D eigenvalue weighted by Crippen LogP contribution is 2.22. The third kappa shape index (κ3) is 3.09. The van der Waals surface area contributed by atoms with Gasteiger partial charge in [-0.2, -0.15) is 5.10 Å². The lowest BCUT2D eigenvalue weighted by Gasteiger charge is -2.05. The van der Waals surface area contributed by atoms with E-state index in [-0.39, 0.29) is 5.95 Å². The summed E-state index contributed by atoms with van der Waals surface area (Å²) < 4.78 is 2.17. The average molecular weight is 352 g/mol. The van der Waals surface area contributed by atoms with Crippen LogP contribution in [-0.2, 0) is 6.54 Å². The maximum absolute atomic E-state index is 5.96. The number of fused-ring (bicyclic) bond motifs is 1. The molecule has 25 heavy (non-hydrogen) atoms. The third-order valence-electron chi connectivity index (χ3n) is 3.87. The molecule has 2 aromatic heterocycles. The second kappa shape index (κ2) is 6.37. The van der Waals surface area contributed by atoms with Crippen molar-refractivity contribution in [2.24, 2.45) is 5.10 Å². The molecule has 0 atom stereocenters. The van der Waals surface area contributed by atoms with Gasteiger partial charge in [-0.25, -0.2) is 0 Å². The zero-order valence-electron chi connectivity index (χ0n) is 13.1. The first kappa shape index (κ1) is 15.3. The molecule has 4 rings (SSSR count). The number of tetrazole rings is 1. The van der Waals surface area contributed by atoms with Gasteiger partial charge in [-0.1, -0.05) is 51.8 Å². The van der Waals surface area contributed by atoms with Crippen LogP contribution >= 0.6 is 11.6 Å². The van der Waals surface area contributed by atoms with Crippen molar-refractivity contribution in [3.63, 3.8) is 0 Å². The van der Waals surface area contributed by atoms with E-state index in [2.05, 4.69) is 37.3 Å². The summed E-state index contributed by atoms with van der Waals surface area (Å²) in [5.41, 5.74) is 8.87. The zero-order chi connectivity index (χ0) is 17.2. The molecule has 2 aromatic carbocycles. The Balaban J connectivity index is 1.72. The van der Waals surface area contributed by atoms with Crippen LogP contribution in [0.4, 0.5) is 5.95 Å². The van der Waals surface area contributed by atoms with E-state index in [1.807, 2.05) is 42.6 Å². The van der Waals surface area contributed by atoms with Gasteiger partial charge in [-0.3, -0.25) is 0 Å². The SMILES string of the molecule is Nc1nnnn1/N=C/c1cn(Cc2ccc(Cl)cc2)c2ccccc12. The fourth-order valence-corrected chi connectivity index (χ4v) is 2.81. The Morgan fingerprint density at radius 3 is 2.68 bits per heavy atom. The number of rotatable bonds is 4. The first-order valence-electron chi connectivity index (χ1n) is 7.61. The number of hydrogen-bond acceptors (Lipinski definition) is 5. The number of nitrogen functional groups attached to an aromatic ring is 1. The van der Waals surface area contributed by atoms with Crippen LogP contribution in [0.3, 0.4) is 0 Å². The monoisotopic (exact) mass is 351 g/mol. The average Bonchev–Trinajstić information content (AvgIpc) is 3.19. The zero-order valence-corrected chi connectivity index (χ0v) is 13.9. The summed E-state index contributed by atoms with van der Waals surface area (Å²) in [5, 5.41) is 16.8. The molecule has 0 spiro atoms. The van der Waals surface area contributed by atoms with Gasteiger partial charge in [0.25, 0.3) is 5.95 Å². The molecule has 0 radical (unpaired) electrons. The van der Waals surface area contributed by atoms with E-state index < -0.39 is 0 Å². The van der Waals surface area contributed by atoms with E-state index >= 15 is 0 Å². The molecule has 8 heteroatoms. The van der Waals surface area contributed by atoms with Crippen LogP contribution < -0.4 is 5.73 Å². The Morgan fingerprint density at radius 2 is 1.92 bits per heavy atom. The van der Waals surface area contributed by atoms with Crippen molar-refractivity contribution in [1.82, 2.24) is 24.9 Å². The van der Waals surface area contributed by atoms with Gasteiger partial charge in [-0.15, -0.1) is 0 Å². The van der Waals surface area contributed by atoms with Gasteiger partial charge in [0.05, 0.1) is 6.21 Å². The predicted molar refractivity (Wildman–Crippen MR) is 97.7 cm³/mol. The second-order valence-corrected chi connectivity index (χ2v) is 5.96. The molecule has 0 aliphatic rings. The number of aromatic nitrogens is 5. The molecule has 7 nitrogen and oxygen atoms in total. The molecule has 124 valence electrons. The van der Waals surface area contributed by atoms with Gasteiger partial charge in [-0.05, 0) is 34.2 Å². The van der Waals surface area contributed by atoms with Crippen molar-refractivity contribution in [1.29, 1.82) is 0 Å². The summed E-state index contributed by atoms with van der Waals surface area (Å²) in [6.07, 6.45) is 3.75. The van der Waals surface area contributed by atoms with Crippen LogP contribution in [0, 0.1) is 0 Å². The normalized spacial score (nSPS) is 11.6. The fourth-order valence-electron chi connectivity index (χ4n) is 2.68. The summed E-state index contributed by atoms with van der Waals surface area (Å²) in [7, 11) is 0. The van der Waals surface area contributed by atoms with Gasteiger partial charge in [0.1, 0.15) is 0 Å². The highest BCUT2D eigenvalue weighted by atomic mass is 35.5. The summed E-state index contributed by atoms with van der Waals surface area (Å²) in [4.78, 5) is 1.19. The summed E-state index contributed by atoms with van der Waals surface area (Å²) >= 11 is 5.96. The van der Waals surface area contributed by atoms with E-state index in [1.165, 1.54) is 10.4 Å². The molecule has 4 aromatic rings. The molecular weight excluding hydrogens is 338 g/mol. The highest BCUT2D eigenvalue weighted by molar-refractivity contribution is 6.30. The predicted octanol–water partition coefficient (Wildman–Crippen LogP) is 2.79. The minimum absolute atomic E-state index is 0.140. The summed E-state index contributed by atoms with van der Waals surface area (Å²) in [6.45, 7) is 0.735. The van der Waals surface area contributed by atoms with Crippen LogP contribution in [0.15, 0.2) is 59.8 Å². The molecule has 0 saturated carbocycles. The third-order valence-corrected chi connectivity index (χ3v) is 4.12. The van der Waals surface area contributed by atoms with Gasteiger partial charge in [0.2, 0.25) is 0 Å². The summed E-state index contributed by atoms with van der Waals surface area (Å²) in [5.74, 6) is 0.140. The maximum atomic E-state index is 5.96. The molecule has 0 aliphatic heterocycles. The minimum Gasteiger partial charge on any atom is -0.365 e. The molecule has 0 amide bonds. The Kier molecular flexibility index (Phi) is 3.91. The molecule has 0 aliphatic carbocycles. The Morgan fingerprint density at radius 1 is 1.12 bits per heavy atom. The first-order valence-corrected chi connectivity index (χ1v) is 7.99. The van der Waals surface area contributed by atoms with Gasteiger partial charge in [0.15, 0.2) is 0 Å². The minimum atomic E-state index is 0.140. The lowest BCUT2D eigenvalue weighted by atomic mass is 10.2. The van der Waals surface area contributed by atoms with Crippen LogP contribution in [0.2, 0.25) is 5.02 Å². The molecule has 0 fully saturated rings. The lowest BCUT2D eigenvalue weighted by Crippen LogP contribution is -1.99. The molecule has 0 saturated heterocycles. The van der Waals surface area contributed by atoms with E-state index in [4.69, 9.17) is 17.3 Å². The first-order chi connectivity index (χ1) is 12.2.